The molecule has 0 spiro atoms. The lowest BCUT2D eigenvalue weighted by atomic mass is 10.0. The predicted molar refractivity (Wildman–Crippen MR) is 82.0 cm³/mol. The Labute approximate surface area is 121 Å². The number of hydrogen-bond donors (Lipinski definition) is 3. The highest BCUT2D eigenvalue weighted by Gasteiger charge is 2.18. The summed E-state index contributed by atoms with van der Waals surface area (Å²) in [5.41, 5.74) is 9.53. The normalized spacial score (nSPS) is 15.3. The van der Waals surface area contributed by atoms with Crippen LogP contribution in [0.1, 0.15) is 30.0 Å². The minimum atomic E-state index is 0.0498. The fourth-order valence-electron chi connectivity index (χ4n) is 2.31. The van der Waals surface area contributed by atoms with E-state index in [1.165, 1.54) is 0 Å². The zero-order valence-corrected chi connectivity index (χ0v) is 12.0. The van der Waals surface area contributed by atoms with E-state index in [4.69, 9.17) is 5.73 Å². The third-order valence-corrected chi connectivity index (χ3v) is 4.32. The summed E-state index contributed by atoms with van der Waals surface area (Å²) in [6.07, 6.45) is 3.07. The lowest BCUT2D eigenvalue weighted by Gasteiger charge is -2.21. The monoisotopic (exact) mass is 288 g/mol. The molecule has 104 valence electrons. The van der Waals surface area contributed by atoms with Gasteiger partial charge in [-0.3, -0.25) is 4.79 Å². The molecule has 20 heavy (non-hydrogen) atoms. The van der Waals surface area contributed by atoms with Gasteiger partial charge in [0.15, 0.2) is 0 Å². The van der Waals surface area contributed by atoms with Crippen LogP contribution in [-0.4, -0.2) is 10.9 Å². The number of nitrogens with two attached hydrogens (primary N) is 1. The largest absolute Gasteiger partial charge is 0.397 e. The standard InChI is InChI=1S/C14H16N4OS/c1-8(14-16-4-5-20-14)17-12-6-9-2-3-13(19)18-11(9)7-10(12)15/h4-8,17H,2-3,15H2,1H3,(H,18,19). The first-order valence-electron chi connectivity index (χ1n) is 6.51. The van der Waals surface area contributed by atoms with Crippen LogP contribution < -0.4 is 16.4 Å². The predicted octanol–water partition coefficient (Wildman–Crippen LogP) is 2.78. The van der Waals surface area contributed by atoms with Gasteiger partial charge in [0.05, 0.1) is 17.4 Å². The summed E-state index contributed by atoms with van der Waals surface area (Å²) in [6.45, 7) is 2.06. The van der Waals surface area contributed by atoms with Crippen molar-refractivity contribution in [2.75, 3.05) is 16.4 Å². The molecule has 6 heteroatoms. The summed E-state index contributed by atoms with van der Waals surface area (Å²) >= 11 is 1.61. The first-order valence-corrected chi connectivity index (χ1v) is 7.39. The van der Waals surface area contributed by atoms with Crippen LogP contribution in [0.25, 0.3) is 0 Å². The van der Waals surface area contributed by atoms with Crippen LogP contribution in [0.5, 0.6) is 0 Å². The van der Waals surface area contributed by atoms with Crippen molar-refractivity contribution in [3.63, 3.8) is 0 Å². The van der Waals surface area contributed by atoms with Gasteiger partial charge >= 0.3 is 0 Å². The molecule has 1 aromatic carbocycles. The van der Waals surface area contributed by atoms with Crippen molar-refractivity contribution < 1.29 is 4.79 Å². The number of hydrogen-bond acceptors (Lipinski definition) is 5. The van der Waals surface area contributed by atoms with Crippen LogP contribution in [0, 0.1) is 0 Å². The second-order valence-electron chi connectivity index (χ2n) is 4.88. The Morgan fingerprint density at radius 1 is 1.45 bits per heavy atom. The lowest BCUT2D eigenvalue weighted by molar-refractivity contribution is -0.116. The minimum Gasteiger partial charge on any atom is -0.397 e. The van der Waals surface area contributed by atoms with Crippen molar-refractivity contribution in [3.8, 4) is 0 Å². The van der Waals surface area contributed by atoms with E-state index in [0.29, 0.717) is 12.1 Å². The fourth-order valence-corrected chi connectivity index (χ4v) is 2.96. The van der Waals surface area contributed by atoms with E-state index in [-0.39, 0.29) is 11.9 Å². The average Bonchev–Trinajstić information content (AvgIpc) is 2.94. The van der Waals surface area contributed by atoms with E-state index in [2.05, 4.69) is 22.5 Å². The summed E-state index contributed by atoms with van der Waals surface area (Å²) in [7, 11) is 0. The van der Waals surface area contributed by atoms with E-state index in [0.717, 1.165) is 28.4 Å². The van der Waals surface area contributed by atoms with Crippen molar-refractivity contribution in [2.24, 2.45) is 0 Å². The molecule has 5 nitrogen and oxygen atoms in total. The molecule has 3 rings (SSSR count). The van der Waals surface area contributed by atoms with Crippen LogP contribution in [0.4, 0.5) is 17.1 Å². The van der Waals surface area contributed by atoms with Crippen LogP contribution in [0.15, 0.2) is 23.7 Å². The maximum atomic E-state index is 11.4. The Kier molecular flexibility index (Phi) is 3.31. The van der Waals surface area contributed by atoms with Gasteiger partial charge in [0.25, 0.3) is 0 Å². The molecule has 2 aromatic rings. The number of carbonyl (C=O) groups is 1. The smallest absolute Gasteiger partial charge is 0.224 e. The number of nitrogen functional groups attached to an aromatic ring is 1. The highest BCUT2D eigenvalue weighted by atomic mass is 32.1. The van der Waals surface area contributed by atoms with Crippen LogP contribution in [-0.2, 0) is 11.2 Å². The lowest BCUT2D eigenvalue weighted by Crippen LogP contribution is -2.19. The first kappa shape index (κ1) is 12.9. The first-order chi connectivity index (χ1) is 9.63. The second kappa shape index (κ2) is 5.13. The molecule has 1 aromatic heterocycles. The van der Waals surface area contributed by atoms with Crippen molar-refractivity contribution in [1.29, 1.82) is 0 Å². The Bertz CT molecular complexity index is 639. The van der Waals surface area contributed by atoms with Crippen molar-refractivity contribution in [3.05, 3.63) is 34.3 Å². The summed E-state index contributed by atoms with van der Waals surface area (Å²) in [4.78, 5) is 15.7. The third-order valence-electron chi connectivity index (χ3n) is 3.36. The zero-order valence-electron chi connectivity index (χ0n) is 11.1. The van der Waals surface area contributed by atoms with E-state index in [1.807, 2.05) is 17.5 Å². The van der Waals surface area contributed by atoms with Gasteiger partial charge in [-0.1, -0.05) is 0 Å². The van der Waals surface area contributed by atoms with Crippen LogP contribution in [0.3, 0.4) is 0 Å². The molecule has 1 amide bonds. The number of carbonyl (C=O) groups excluding carboxylic acids is 1. The molecule has 1 aliphatic rings. The van der Waals surface area contributed by atoms with Crippen molar-refractivity contribution in [1.82, 2.24) is 4.98 Å². The summed E-state index contributed by atoms with van der Waals surface area (Å²) < 4.78 is 0. The molecule has 4 N–H and O–H groups in total. The molecule has 0 radical (unpaired) electrons. The van der Waals surface area contributed by atoms with Gasteiger partial charge in [-0.25, -0.2) is 4.98 Å². The minimum absolute atomic E-state index is 0.0498. The fraction of sp³-hybridized carbons (Fsp3) is 0.286. The van der Waals surface area contributed by atoms with Crippen LogP contribution in [0.2, 0.25) is 0 Å². The number of anilines is 3. The molecule has 0 aliphatic carbocycles. The summed E-state index contributed by atoms with van der Waals surface area (Å²) in [5, 5.41) is 9.22. The Balaban J connectivity index is 1.85. The molecular weight excluding hydrogens is 272 g/mol. The number of thiazole rings is 1. The van der Waals surface area contributed by atoms with E-state index >= 15 is 0 Å². The molecule has 1 unspecified atom stereocenters. The number of nitrogens with zero attached hydrogens (tertiary/aromatic N) is 1. The highest BCUT2D eigenvalue weighted by molar-refractivity contribution is 7.09. The molecule has 1 aliphatic heterocycles. The highest BCUT2D eigenvalue weighted by Crippen LogP contribution is 2.33. The van der Waals surface area contributed by atoms with Crippen molar-refractivity contribution >= 4 is 34.3 Å². The van der Waals surface area contributed by atoms with Crippen LogP contribution >= 0.6 is 11.3 Å². The van der Waals surface area contributed by atoms with Gasteiger partial charge in [0, 0.05) is 23.7 Å². The van der Waals surface area contributed by atoms with Gasteiger partial charge in [-0.15, -0.1) is 11.3 Å². The second-order valence-corrected chi connectivity index (χ2v) is 5.81. The Morgan fingerprint density at radius 2 is 2.30 bits per heavy atom. The van der Waals surface area contributed by atoms with E-state index in [9.17, 15) is 4.79 Å². The molecular formula is C14H16N4OS. The third kappa shape index (κ3) is 2.46. The number of fused-ring (bicyclic) bond motifs is 1. The maximum absolute atomic E-state index is 11.4. The van der Waals surface area contributed by atoms with Gasteiger partial charge in [-0.2, -0.15) is 0 Å². The van der Waals surface area contributed by atoms with Crippen molar-refractivity contribution in [2.45, 2.75) is 25.8 Å². The molecule has 0 saturated carbocycles. The Morgan fingerprint density at radius 3 is 3.05 bits per heavy atom. The summed E-state index contributed by atoms with van der Waals surface area (Å²) in [6, 6.07) is 3.95. The molecule has 0 bridgehead atoms. The topological polar surface area (TPSA) is 80.0 Å². The summed E-state index contributed by atoms with van der Waals surface area (Å²) in [5.74, 6) is 0.0498. The number of amides is 1. The number of aromatic nitrogens is 1. The van der Waals surface area contributed by atoms with E-state index < -0.39 is 0 Å². The number of benzene rings is 1. The zero-order chi connectivity index (χ0) is 14.1. The van der Waals surface area contributed by atoms with E-state index in [1.54, 1.807) is 17.5 Å². The maximum Gasteiger partial charge on any atom is 0.224 e. The van der Waals surface area contributed by atoms with Gasteiger partial charge in [0.2, 0.25) is 5.91 Å². The number of nitrogens with one attached hydrogen (secondary N) is 2. The Hall–Kier alpha value is -2.08. The number of aryl methyl sites for hydroxylation is 1. The number of rotatable bonds is 3. The van der Waals surface area contributed by atoms with Gasteiger partial charge in [-0.05, 0) is 31.0 Å². The molecule has 0 saturated heterocycles. The SMILES string of the molecule is CC(Nc1cc2c(cc1N)NC(=O)CC2)c1nccs1. The molecule has 0 fully saturated rings. The quantitative estimate of drug-likeness (QED) is 0.759. The van der Waals surface area contributed by atoms with Gasteiger partial charge < -0.3 is 16.4 Å². The molecule has 1 atom stereocenters. The van der Waals surface area contributed by atoms with Gasteiger partial charge in [0.1, 0.15) is 5.01 Å². The molecule has 2 heterocycles. The average molecular weight is 288 g/mol.